The molecule has 0 aromatic heterocycles. The van der Waals surface area contributed by atoms with Crippen LogP contribution in [0.4, 0.5) is 5.69 Å². The summed E-state index contributed by atoms with van der Waals surface area (Å²) in [6.07, 6.45) is 1.17. The van der Waals surface area contributed by atoms with E-state index in [0.29, 0.717) is 5.75 Å². The average molecular weight is 388 g/mol. The molecule has 0 aliphatic carbocycles. The molecule has 0 bridgehead atoms. The molecule has 0 spiro atoms. The lowest BCUT2D eigenvalue weighted by Gasteiger charge is -2.24. The first-order valence-electron chi connectivity index (χ1n) is 8.52. The van der Waals surface area contributed by atoms with Gasteiger partial charge in [-0.25, -0.2) is 0 Å². The zero-order valence-corrected chi connectivity index (χ0v) is 15.9. The topological polar surface area (TPSA) is 66.4 Å². The first kappa shape index (κ1) is 18.9. The van der Waals surface area contributed by atoms with Gasteiger partial charge in [0.2, 0.25) is 5.91 Å². The third kappa shape index (κ3) is 5.05. The second kappa shape index (κ2) is 9.14. The van der Waals surface area contributed by atoms with Gasteiger partial charge >= 0.3 is 5.97 Å². The highest BCUT2D eigenvalue weighted by Gasteiger charge is 2.26. The molecule has 1 heterocycles. The molecule has 1 aliphatic heterocycles. The third-order valence-corrected chi connectivity index (χ3v) is 6.43. The second-order valence-electron chi connectivity index (χ2n) is 6.09. The monoisotopic (exact) mass is 387 g/mol. The van der Waals surface area contributed by atoms with Crippen molar-refractivity contribution < 1.29 is 14.7 Å². The number of amides is 1. The highest BCUT2D eigenvalue weighted by Crippen LogP contribution is 2.37. The lowest BCUT2D eigenvalue weighted by atomic mass is 10.0. The van der Waals surface area contributed by atoms with Gasteiger partial charge in [-0.2, -0.15) is 11.8 Å². The summed E-state index contributed by atoms with van der Waals surface area (Å²) < 4.78 is 0. The normalized spacial score (nSPS) is 15.9. The molecule has 0 saturated carbocycles. The van der Waals surface area contributed by atoms with Crippen LogP contribution in [0.1, 0.15) is 28.4 Å². The number of aliphatic carboxylic acids is 1. The van der Waals surface area contributed by atoms with Crippen molar-refractivity contribution >= 4 is 41.1 Å². The van der Waals surface area contributed by atoms with Crippen LogP contribution in [0.25, 0.3) is 0 Å². The number of aryl methyl sites for hydroxylation is 1. The molecule has 3 rings (SSSR count). The van der Waals surface area contributed by atoms with E-state index in [9.17, 15) is 9.59 Å². The van der Waals surface area contributed by atoms with E-state index in [1.165, 1.54) is 5.56 Å². The third-order valence-electron chi connectivity index (χ3n) is 4.16. The van der Waals surface area contributed by atoms with Crippen LogP contribution in [0.15, 0.2) is 48.5 Å². The molecule has 2 aromatic rings. The van der Waals surface area contributed by atoms with Gasteiger partial charge in [0.15, 0.2) is 0 Å². The van der Waals surface area contributed by atoms with Crippen molar-refractivity contribution in [2.24, 2.45) is 0 Å². The number of nitrogens with one attached hydrogen (secondary N) is 1. The molecular weight excluding hydrogens is 366 g/mol. The van der Waals surface area contributed by atoms with E-state index < -0.39 is 5.97 Å². The number of rotatable bonds is 7. The Kier molecular flexibility index (Phi) is 6.63. The fourth-order valence-electron chi connectivity index (χ4n) is 2.91. The lowest BCUT2D eigenvalue weighted by Crippen LogP contribution is -2.23. The molecule has 6 heteroatoms. The first-order chi connectivity index (χ1) is 12.6. The van der Waals surface area contributed by atoms with E-state index in [1.807, 2.05) is 42.5 Å². The number of thioether (sulfide) groups is 2. The molecule has 4 nitrogen and oxygen atoms in total. The molecule has 2 aromatic carbocycles. The minimum Gasteiger partial charge on any atom is -0.481 e. The van der Waals surface area contributed by atoms with Gasteiger partial charge in [-0.1, -0.05) is 36.4 Å². The number of carbonyl (C=O) groups is 2. The number of carboxylic acids is 1. The standard InChI is InChI=1S/C20H21NO3S2/c22-18(23)9-10-25-13-14-4-3-6-16(12-14)21-20(24)19-17-7-2-1-5-15(17)8-11-26-19/h1-7,12,19H,8-11,13H2,(H,21,24)(H,22,23). The fourth-order valence-corrected chi connectivity index (χ4v) is 4.98. The van der Waals surface area contributed by atoms with Gasteiger partial charge in [0.25, 0.3) is 0 Å². The summed E-state index contributed by atoms with van der Waals surface area (Å²) in [6.45, 7) is 0. The average Bonchev–Trinajstić information content (AvgIpc) is 2.65. The quantitative estimate of drug-likeness (QED) is 0.691. The Labute approximate surface area is 161 Å². The van der Waals surface area contributed by atoms with E-state index in [0.717, 1.165) is 34.7 Å². The number of fused-ring (bicyclic) bond motifs is 1. The Morgan fingerprint density at radius 3 is 2.88 bits per heavy atom. The summed E-state index contributed by atoms with van der Waals surface area (Å²) >= 11 is 3.27. The number of hydrogen-bond donors (Lipinski definition) is 2. The number of carboxylic acid groups (broad SMARTS) is 1. The van der Waals surface area contributed by atoms with E-state index in [4.69, 9.17) is 5.11 Å². The number of anilines is 1. The molecule has 0 radical (unpaired) electrons. The fraction of sp³-hybridized carbons (Fsp3) is 0.300. The Hall–Kier alpha value is -1.92. The first-order valence-corrected chi connectivity index (χ1v) is 10.7. The molecule has 0 fully saturated rings. The molecule has 0 saturated heterocycles. The van der Waals surface area contributed by atoms with Gasteiger partial charge in [0.1, 0.15) is 5.25 Å². The maximum atomic E-state index is 12.8. The molecule has 2 N–H and O–H groups in total. The predicted octanol–water partition coefficient (Wildman–Crippen LogP) is 4.36. The number of carbonyl (C=O) groups excluding carboxylic acids is 1. The van der Waals surface area contributed by atoms with Crippen LogP contribution in [0.3, 0.4) is 0 Å². The van der Waals surface area contributed by atoms with Gasteiger partial charge in [0, 0.05) is 17.2 Å². The molecule has 26 heavy (non-hydrogen) atoms. The van der Waals surface area contributed by atoms with E-state index in [2.05, 4.69) is 11.4 Å². The van der Waals surface area contributed by atoms with Crippen LogP contribution in [-0.2, 0) is 21.8 Å². The Morgan fingerprint density at radius 1 is 1.19 bits per heavy atom. The Morgan fingerprint density at radius 2 is 2.04 bits per heavy atom. The number of benzene rings is 2. The largest absolute Gasteiger partial charge is 0.481 e. The maximum Gasteiger partial charge on any atom is 0.304 e. The summed E-state index contributed by atoms with van der Waals surface area (Å²) in [5.41, 5.74) is 4.24. The summed E-state index contributed by atoms with van der Waals surface area (Å²) in [5, 5.41) is 11.6. The minimum absolute atomic E-state index is 0.0119. The van der Waals surface area contributed by atoms with Crippen LogP contribution in [0, 0.1) is 0 Å². The zero-order valence-electron chi connectivity index (χ0n) is 14.3. The smallest absolute Gasteiger partial charge is 0.304 e. The van der Waals surface area contributed by atoms with Crippen molar-refractivity contribution in [1.29, 1.82) is 0 Å². The molecule has 1 aliphatic rings. The van der Waals surface area contributed by atoms with E-state index in [-0.39, 0.29) is 17.6 Å². The lowest BCUT2D eigenvalue weighted by molar-refractivity contribution is -0.136. The van der Waals surface area contributed by atoms with E-state index in [1.54, 1.807) is 23.5 Å². The molecule has 1 amide bonds. The summed E-state index contributed by atoms with van der Waals surface area (Å²) in [5.74, 6) is 1.51. The van der Waals surface area contributed by atoms with Gasteiger partial charge in [-0.05, 0) is 41.0 Å². The Bertz CT molecular complexity index is 794. The number of hydrogen-bond acceptors (Lipinski definition) is 4. The second-order valence-corrected chi connectivity index (χ2v) is 8.40. The zero-order chi connectivity index (χ0) is 18.4. The summed E-state index contributed by atoms with van der Waals surface area (Å²) in [4.78, 5) is 23.3. The summed E-state index contributed by atoms with van der Waals surface area (Å²) in [7, 11) is 0. The van der Waals surface area contributed by atoms with Crippen molar-refractivity contribution in [2.45, 2.75) is 23.8 Å². The maximum absolute atomic E-state index is 12.8. The van der Waals surface area contributed by atoms with Crippen LogP contribution >= 0.6 is 23.5 Å². The molecular formula is C20H21NO3S2. The molecule has 1 unspecified atom stereocenters. The van der Waals surface area contributed by atoms with Crippen LogP contribution in [-0.4, -0.2) is 28.5 Å². The van der Waals surface area contributed by atoms with Gasteiger partial charge in [-0.3, -0.25) is 9.59 Å². The van der Waals surface area contributed by atoms with Crippen molar-refractivity contribution in [3.8, 4) is 0 Å². The predicted molar refractivity (Wildman–Crippen MR) is 109 cm³/mol. The van der Waals surface area contributed by atoms with Crippen molar-refractivity contribution in [2.75, 3.05) is 16.8 Å². The van der Waals surface area contributed by atoms with Crippen molar-refractivity contribution in [1.82, 2.24) is 0 Å². The molecule has 1 atom stereocenters. The van der Waals surface area contributed by atoms with Gasteiger partial charge < -0.3 is 10.4 Å². The van der Waals surface area contributed by atoms with Crippen LogP contribution in [0.5, 0.6) is 0 Å². The van der Waals surface area contributed by atoms with Crippen molar-refractivity contribution in [3.05, 3.63) is 65.2 Å². The minimum atomic E-state index is -0.774. The van der Waals surface area contributed by atoms with Gasteiger partial charge in [0.05, 0.1) is 6.42 Å². The van der Waals surface area contributed by atoms with Crippen LogP contribution < -0.4 is 5.32 Å². The SMILES string of the molecule is O=C(O)CCSCc1cccc(NC(=O)C2SCCc3ccccc32)c1. The molecule has 136 valence electrons. The van der Waals surface area contributed by atoms with Crippen molar-refractivity contribution in [3.63, 3.8) is 0 Å². The highest BCUT2D eigenvalue weighted by atomic mass is 32.2. The summed E-state index contributed by atoms with van der Waals surface area (Å²) in [6, 6.07) is 15.9. The van der Waals surface area contributed by atoms with Crippen LogP contribution in [0.2, 0.25) is 0 Å². The van der Waals surface area contributed by atoms with E-state index >= 15 is 0 Å². The Balaban J connectivity index is 1.61. The van der Waals surface area contributed by atoms with Gasteiger partial charge in [-0.15, -0.1) is 11.8 Å². The highest BCUT2D eigenvalue weighted by molar-refractivity contribution is 8.00.